The van der Waals surface area contributed by atoms with Crippen molar-refractivity contribution in [3.05, 3.63) is 35.4 Å². The summed E-state index contributed by atoms with van der Waals surface area (Å²) in [5.41, 5.74) is -8.27. The lowest BCUT2D eigenvalue weighted by molar-refractivity contribution is -0.0522. The summed E-state index contributed by atoms with van der Waals surface area (Å²) in [6, 6.07) is 9.31. The minimum atomic E-state index is -6.09. The predicted octanol–water partition coefficient (Wildman–Crippen LogP) is 2.40. The van der Waals surface area contributed by atoms with Crippen LogP contribution in [0.4, 0.5) is 26.3 Å². The number of alkyl halides is 6. The van der Waals surface area contributed by atoms with Crippen molar-refractivity contribution in [1.29, 1.82) is 0 Å². The largest absolute Gasteiger partial charge is 0.741 e. The van der Waals surface area contributed by atoms with Gasteiger partial charge in [-0.05, 0) is 6.92 Å². The molecular weight excluding hydrogens is 518 g/mol. The number of halogens is 6. The third kappa shape index (κ3) is 9.00. The van der Waals surface area contributed by atoms with Gasteiger partial charge in [0.25, 0.3) is 0 Å². The lowest BCUT2D eigenvalue weighted by Gasteiger charge is -2.29. The van der Waals surface area contributed by atoms with Crippen molar-refractivity contribution in [3.63, 3.8) is 0 Å². The molecule has 3 aliphatic rings. The number of hydrogen-bond acceptors (Lipinski definition) is 6. The van der Waals surface area contributed by atoms with Crippen LogP contribution in [0.3, 0.4) is 0 Å². The molecule has 3 aliphatic heterocycles. The molecule has 1 atom stereocenters. The van der Waals surface area contributed by atoms with Crippen LogP contribution in [0, 0.1) is 6.92 Å². The van der Waals surface area contributed by atoms with Gasteiger partial charge in [-0.2, -0.15) is 26.3 Å². The van der Waals surface area contributed by atoms with Gasteiger partial charge in [-0.3, -0.25) is 0 Å². The predicted molar refractivity (Wildman–Crippen MR) is 104 cm³/mol. The maximum Gasteiger partial charge on any atom is 0.485 e. The normalized spacial score (nSPS) is 23.8. The first-order valence-electron chi connectivity index (χ1n) is 8.24. The molecule has 0 amide bonds. The molecular formula is C15H18F6O6S4. The fourth-order valence-electron chi connectivity index (χ4n) is 2.49. The molecule has 1 aromatic rings. The molecule has 16 heteroatoms. The molecule has 0 spiro atoms. The molecule has 3 heterocycles. The van der Waals surface area contributed by atoms with E-state index in [2.05, 4.69) is 31.2 Å². The maximum absolute atomic E-state index is 10.7. The second-order valence-electron chi connectivity index (χ2n) is 6.33. The molecule has 180 valence electrons. The molecule has 6 nitrogen and oxygen atoms in total. The van der Waals surface area contributed by atoms with Crippen molar-refractivity contribution in [3.8, 4) is 0 Å². The summed E-state index contributed by atoms with van der Waals surface area (Å²) in [5, 5.41) is 0.927. The van der Waals surface area contributed by atoms with E-state index in [9.17, 15) is 26.3 Å². The molecule has 1 unspecified atom stereocenters. The van der Waals surface area contributed by atoms with Gasteiger partial charge in [-0.1, -0.05) is 29.8 Å². The Morgan fingerprint density at radius 2 is 1.16 bits per heavy atom. The highest BCUT2D eigenvalue weighted by Gasteiger charge is 2.50. The first kappa shape index (κ1) is 28.4. The highest BCUT2D eigenvalue weighted by atomic mass is 32.2. The summed E-state index contributed by atoms with van der Waals surface area (Å²) in [5.74, 6) is 7.66. The van der Waals surface area contributed by atoms with Crippen LogP contribution >= 0.6 is 0 Å². The number of benzene rings is 1. The standard InChI is InChI=1S/C13H18S2.2CHF3O3S/c1-11-2-4-12(5-3-11)13-10-14-6-8-15(13)9-7-14;2*2-1(3,4)8(5,6)7/h2-5,13H,6-10H2,1H3;2*(H,5,6,7)/q+2;;/p-2. The van der Waals surface area contributed by atoms with Crippen molar-refractivity contribution in [2.45, 2.75) is 23.2 Å². The lowest BCUT2D eigenvalue weighted by Crippen LogP contribution is -2.46. The summed E-state index contributed by atoms with van der Waals surface area (Å²) < 4.78 is 118. The van der Waals surface area contributed by atoms with E-state index in [4.69, 9.17) is 25.9 Å². The third-order valence-electron chi connectivity index (χ3n) is 4.07. The first-order chi connectivity index (χ1) is 13.8. The van der Waals surface area contributed by atoms with Gasteiger partial charge in [0.05, 0.1) is 0 Å². The Morgan fingerprint density at radius 3 is 1.42 bits per heavy atom. The van der Waals surface area contributed by atoms with Crippen molar-refractivity contribution in [2.24, 2.45) is 0 Å². The Hall–Kier alpha value is -0.680. The monoisotopic (exact) mass is 536 g/mol. The Balaban J connectivity index is 0.000000259. The quantitative estimate of drug-likeness (QED) is 0.236. The van der Waals surface area contributed by atoms with E-state index >= 15 is 0 Å². The first-order valence-corrected chi connectivity index (χ1v) is 14.4. The average Bonchev–Trinajstić information content (AvgIpc) is 2.61. The number of hydrogen-bond donors (Lipinski definition) is 0. The zero-order valence-electron chi connectivity index (χ0n) is 15.8. The molecule has 0 aliphatic carbocycles. The Morgan fingerprint density at radius 1 is 0.806 bits per heavy atom. The molecule has 31 heavy (non-hydrogen) atoms. The maximum atomic E-state index is 10.7. The van der Waals surface area contributed by atoms with Crippen LogP contribution < -0.4 is 0 Å². The van der Waals surface area contributed by atoms with Gasteiger partial charge in [-0.25, -0.2) is 16.8 Å². The fraction of sp³-hybridized carbons (Fsp3) is 0.600. The van der Waals surface area contributed by atoms with E-state index in [1.54, 1.807) is 17.1 Å². The van der Waals surface area contributed by atoms with Gasteiger partial charge in [0.15, 0.2) is 54.3 Å². The number of aryl methyl sites for hydroxylation is 1. The molecule has 3 fully saturated rings. The summed E-state index contributed by atoms with van der Waals surface area (Å²) in [6.45, 7) is 2.18. The summed E-state index contributed by atoms with van der Waals surface area (Å²) in [6.07, 6.45) is 0. The molecule has 1 aromatic carbocycles. The summed E-state index contributed by atoms with van der Waals surface area (Å²) >= 11 is 0. The van der Waals surface area contributed by atoms with Gasteiger partial charge >= 0.3 is 11.0 Å². The fourth-order valence-corrected chi connectivity index (χ4v) is 9.90. The van der Waals surface area contributed by atoms with Crippen molar-refractivity contribution >= 4 is 42.0 Å². The molecule has 4 rings (SSSR count). The zero-order chi connectivity index (χ0) is 24.3. The van der Waals surface area contributed by atoms with Crippen LogP contribution in [0.15, 0.2) is 24.3 Å². The minimum Gasteiger partial charge on any atom is -0.741 e. The Bertz CT molecular complexity index is 878. The van der Waals surface area contributed by atoms with Gasteiger partial charge in [0, 0.05) is 27.4 Å². The van der Waals surface area contributed by atoms with Crippen LogP contribution in [0.25, 0.3) is 0 Å². The minimum absolute atomic E-state index is 0.726. The SMILES string of the molecule is Cc1ccc(C2C[S+]3CC[S+]2CC3)cc1.O=S(=O)([O-])C(F)(F)F.O=S(=O)([O-])C(F)(F)F. The number of fused-ring (bicyclic) bond motifs is 3. The Kier molecular flexibility index (Phi) is 9.61. The van der Waals surface area contributed by atoms with Gasteiger partial charge in [0.1, 0.15) is 0 Å². The van der Waals surface area contributed by atoms with E-state index in [-0.39, 0.29) is 0 Å². The van der Waals surface area contributed by atoms with Crippen LogP contribution in [-0.4, -0.2) is 65.7 Å². The smallest absolute Gasteiger partial charge is 0.485 e. The van der Waals surface area contributed by atoms with Crippen molar-refractivity contribution in [2.75, 3.05) is 28.8 Å². The highest BCUT2D eigenvalue weighted by Crippen LogP contribution is 2.36. The van der Waals surface area contributed by atoms with Crippen LogP contribution in [0.1, 0.15) is 16.4 Å². The van der Waals surface area contributed by atoms with E-state index < -0.39 is 31.3 Å². The van der Waals surface area contributed by atoms with Crippen LogP contribution in [0.2, 0.25) is 0 Å². The second-order valence-corrected chi connectivity index (χ2v) is 13.9. The molecule has 0 radical (unpaired) electrons. The van der Waals surface area contributed by atoms with Crippen LogP contribution in [-0.2, 0) is 42.0 Å². The molecule has 3 saturated heterocycles. The lowest BCUT2D eigenvalue weighted by atomic mass is 10.1. The van der Waals surface area contributed by atoms with Gasteiger partial charge < -0.3 is 9.11 Å². The molecule has 0 aromatic heterocycles. The van der Waals surface area contributed by atoms with E-state index in [1.807, 2.05) is 0 Å². The van der Waals surface area contributed by atoms with Gasteiger partial charge in [0.2, 0.25) is 0 Å². The second kappa shape index (κ2) is 10.5. The summed E-state index contributed by atoms with van der Waals surface area (Å²) in [7, 11) is -10.7. The van der Waals surface area contributed by atoms with Crippen molar-refractivity contribution < 1.29 is 52.3 Å². The van der Waals surface area contributed by atoms with E-state index in [0.717, 1.165) is 27.0 Å². The molecule has 0 saturated carbocycles. The Labute approximate surface area is 181 Å². The zero-order valence-corrected chi connectivity index (χ0v) is 19.0. The van der Waals surface area contributed by atoms with Crippen molar-refractivity contribution in [1.82, 2.24) is 0 Å². The van der Waals surface area contributed by atoms with Crippen LogP contribution in [0.5, 0.6) is 0 Å². The number of rotatable bonds is 1. The van der Waals surface area contributed by atoms with E-state index in [1.165, 1.54) is 22.8 Å². The average molecular weight is 537 g/mol. The third-order valence-corrected chi connectivity index (χ3v) is 11.0. The van der Waals surface area contributed by atoms with Gasteiger partial charge in [-0.15, -0.1) is 0 Å². The highest BCUT2D eigenvalue weighted by molar-refractivity contribution is 8.07. The molecule has 2 bridgehead atoms. The van der Waals surface area contributed by atoms with E-state index in [0.29, 0.717) is 0 Å². The topological polar surface area (TPSA) is 114 Å². The summed E-state index contributed by atoms with van der Waals surface area (Å²) in [4.78, 5) is 0. The molecule has 0 N–H and O–H groups in total.